The molecule has 4 heteroatoms. The summed E-state index contributed by atoms with van der Waals surface area (Å²) in [6.07, 6.45) is 3.57. The molecule has 5 aromatic rings. The Hall–Kier alpha value is -3.53. The second kappa shape index (κ2) is 5.77. The molecular formula is C22H14FN3. The van der Waals surface area contributed by atoms with E-state index >= 15 is 0 Å². The van der Waals surface area contributed by atoms with Gasteiger partial charge in [-0.15, -0.1) is 0 Å². The Labute approximate surface area is 149 Å². The molecule has 0 fully saturated rings. The van der Waals surface area contributed by atoms with E-state index in [4.69, 9.17) is 0 Å². The van der Waals surface area contributed by atoms with E-state index < -0.39 is 0 Å². The van der Waals surface area contributed by atoms with Crippen molar-refractivity contribution in [2.75, 3.05) is 0 Å². The molecule has 0 radical (unpaired) electrons. The zero-order valence-electron chi connectivity index (χ0n) is 13.8. The molecule has 0 saturated heterocycles. The van der Waals surface area contributed by atoms with Crippen molar-refractivity contribution in [3.8, 4) is 22.4 Å². The molecule has 2 heterocycles. The van der Waals surface area contributed by atoms with Gasteiger partial charge in [-0.05, 0) is 34.5 Å². The number of benzene rings is 3. The molecule has 0 bridgehead atoms. The number of hydrogen-bond donors (Lipinski definition) is 0. The third kappa shape index (κ3) is 2.27. The second-order valence-electron chi connectivity index (χ2n) is 6.16. The molecule has 0 N–H and O–H groups in total. The second-order valence-corrected chi connectivity index (χ2v) is 6.16. The van der Waals surface area contributed by atoms with Crippen molar-refractivity contribution in [1.82, 2.24) is 14.6 Å². The van der Waals surface area contributed by atoms with Crippen LogP contribution in [0.2, 0.25) is 0 Å². The Bertz CT molecular complexity index is 1230. The van der Waals surface area contributed by atoms with Crippen molar-refractivity contribution in [3.05, 3.63) is 91.0 Å². The van der Waals surface area contributed by atoms with Gasteiger partial charge in [0.2, 0.25) is 0 Å². The maximum atomic E-state index is 13.2. The topological polar surface area (TPSA) is 30.2 Å². The van der Waals surface area contributed by atoms with E-state index in [0.29, 0.717) is 0 Å². The number of halogens is 1. The van der Waals surface area contributed by atoms with Crippen molar-refractivity contribution in [3.63, 3.8) is 0 Å². The predicted octanol–water partition coefficient (Wildman–Crippen LogP) is 5.36. The minimum absolute atomic E-state index is 0.255. The lowest BCUT2D eigenvalue weighted by Gasteiger charge is -2.09. The lowest BCUT2D eigenvalue weighted by molar-refractivity contribution is 0.628. The van der Waals surface area contributed by atoms with Crippen LogP contribution in [0, 0.1) is 5.82 Å². The molecule has 0 amide bonds. The standard InChI is InChI=1S/C22H14FN3/c23-17-10-8-16(9-11-17)20-14-25-26-21(12-13-24-22(20)26)19-7-3-5-15-4-1-2-6-18(15)19/h1-14H. The summed E-state index contributed by atoms with van der Waals surface area (Å²) < 4.78 is 15.1. The zero-order valence-corrected chi connectivity index (χ0v) is 13.8. The van der Waals surface area contributed by atoms with Crippen molar-refractivity contribution in [2.45, 2.75) is 0 Å². The maximum Gasteiger partial charge on any atom is 0.163 e. The lowest BCUT2D eigenvalue weighted by atomic mass is 10.0. The number of fused-ring (bicyclic) bond motifs is 2. The molecule has 0 unspecified atom stereocenters. The van der Waals surface area contributed by atoms with Crippen molar-refractivity contribution in [2.24, 2.45) is 0 Å². The normalized spacial score (nSPS) is 11.3. The summed E-state index contributed by atoms with van der Waals surface area (Å²) in [5.74, 6) is -0.255. The van der Waals surface area contributed by atoms with Crippen molar-refractivity contribution >= 4 is 16.4 Å². The third-order valence-corrected chi connectivity index (χ3v) is 4.62. The quantitative estimate of drug-likeness (QED) is 0.434. The van der Waals surface area contributed by atoms with E-state index in [2.05, 4.69) is 34.3 Å². The van der Waals surface area contributed by atoms with Gasteiger partial charge >= 0.3 is 0 Å². The molecule has 0 saturated carbocycles. The van der Waals surface area contributed by atoms with Crippen LogP contribution in [-0.4, -0.2) is 14.6 Å². The summed E-state index contributed by atoms with van der Waals surface area (Å²) in [5.41, 5.74) is 4.60. The first-order valence-corrected chi connectivity index (χ1v) is 8.38. The predicted molar refractivity (Wildman–Crippen MR) is 101 cm³/mol. The van der Waals surface area contributed by atoms with E-state index in [9.17, 15) is 4.39 Å². The highest BCUT2D eigenvalue weighted by molar-refractivity contribution is 5.96. The SMILES string of the molecule is Fc1ccc(-c2cnn3c(-c4cccc5ccccc45)ccnc23)cc1. The Morgan fingerprint density at radius 3 is 2.46 bits per heavy atom. The van der Waals surface area contributed by atoms with Gasteiger partial charge in [0.05, 0.1) is 11.9 Å². The fraction of sp³-hybridized carbons (Fsp3) is 0. The minimum Gasteiger partial charge on any atom is -0.236 e. The monoisotopic (exact) mass is 339 g/mol. The van der Waals surface area contributed by atoms with Gasteiger partial charge in [0, 0.05) is 17.3 Å². The summed E-state index contributed by atoms with van der Waals surface area (Å²) >= 11 is 0. The summed E-state index contributed by atoms with van der Waals surface area (Å²) in [4.78, 5) is 4.51. The van der Waals surface area contributed by atoms with Gasteiger partial charge in [0.15, 0.2) is 5.65 Å². The van der Waals surface area contributed by atoms with E-state index in [1.807, 2.05) is 28.8 Å². The minimum atomic E-state index is -0.255. The molecule has 5 rings (SSSR count). The van der Waals surface area contributed by atoms with Gasteiger partial charge in [-0.1, -0.05) is 54.6 Å². The average Bonchev–Trinajstić information content (AvgIpc) is 3.12. The first-order chi connectivity index (χ1) is 12.8. The first kappa shape index (κ1) is 14.8. The highest BCUT2D eigenvalue weighted by atomic mass is 19.1. The molecule has 3 aromatic carbocycles. The molecule has 0 aliphatic heterocycles. The lowest BCUT2D eigenvalue weighted by Crippen LogP contribution is -1.96. The summed E-state index contributed by atoms with van der Waals surface area (Å²) in [6, 6.07) is 22.9. The van der Waals surface area contributed by atoms with Crippen LogP contribution in [0.3, 0.4) is 0 Å². The van der Waals surface area contributed by atoms with Crippen LogP contribution >= 0.6 is 0 Å². The van der Waals surface area contributed by atoms with E-state index in [-0.39, 0.29) is 5.82 Å². The molecule has 26 heavy (non-hydrogen) atoms. The third-order valence-electron chi connectivity index (χ3n) is 4.62. The van der Waals surface area contributed by atoms with E-state index in [1.54, 1.807) is 24.5 Å². The van der Waals surface area contributed by atoms with Gasteiger partial charge in [-0.2, -0.15) is 5.10 Å². The van der Waals surface area contributed by atoms with Crippen LogP contribution in [-0.2, 0) is 0 Å². The Kier molecular flexibility index (Phi) is 3.28. The number of aromatic nitrogens is 3. The molecule has 0 atom stereocenters. The van der Waals surface area contributed by atoms with Gasteiger partial charge in [0.1, 0.15) is 5.82 Å². The van der Waals surface area contributed by atoms with Crippen molar-refractivity contribution in [1.29, 1.82) is 0 Å². The summed E-state index contributed by atoms with van der Waals surface area (Å²) in [6.45, 7) is 0. The van der Waals surface area contributed by atoms with Crippen LogP contribution in [0.25, 0.3) is 38.8 Å². The fourth-order valence-corrected chi connectivity index (χ4v) is 3.38. The van der Waals surface area contributed by atoms with E-state index in [0.717, 1.165) is 28.0 Å². The highest BCUT2D eigenvalue weighted by Crippen LogP contribution is 2.31. The zero-order chi connectivity index (χ0) is 17.5. The molecule has 0 aliphatic rings. The van der Waals surface area contributed by atoms with Crippen LogP contribution in [0.1, 0.15) is 0 Å². The fourth-order valence-electron chi connectivity index (χ4n) is 3.38. The molecule has 0 aliphatic carbocycles. The van der Waals surface area contributed by atoms with Gasteiger partial charge in [-0.3, -0.25) is 0 Å². The Morgan fingerprint density at radius 2 is 1.58 bits per heavy atom. The van der Waals surface area contributed by atoms with Crippen molar-refractivity contribution < 1.29 is 4.39 Å². The Balaban J connectivity index is 1.76. The van der Waals surface area contributed by atoms with Crippen LogP contribution in [0.5, 0.6) is 0 Å². The molecule has 3 nitrogen and oxygen atoms in total. The number of hydrogen-bond acceptors (Lipinski definition) is 2. The summed E-state index contributed by atoms with van der Waals surface area (Å²) in [7, 11) is 0. The summed E-state index contributed by atoms with van der Waals surface area (Å²) in [5, 5.41) is 6.91. The van der Waals surface area contributed by atoms with E-state index in [1.165, 1.54) is 22.9 Å². The largest absolute Gasteiger partial charge is 0.236 e. The molecule has 2 aromatic heterocycles. The first-order valence-electron chi connectivity index (χ1n) is 8.38. The number of rotatable bonds is 2. The average molecular weight is 339 g/mol. The molecular weight excluding hydrogens is 325 g/mol. The molecule has 0 spiro atoms. The van der Waals surface area contributed by atoms with Crippen LogP contribution in [0.15, 0.2) is 85.2 Å². The smallest absolute Gasteiger partial charge is 0.163 e. The number of nitrogens with zero attached hydrogens (tertiary/aromatic N) is 3. The molecule has 124 valence electrons. The van der Waals surface area contributed by atoms with Crippen LogP contribution in [0.4, 0.5) is 4.39 Å². The van der Waals surface area contributed by atoms with Gasteiger partial charge in [0.25, 0.3) is 0 Å². The van der Waals surface area contributed by atoms with Gasteiger partial charge < -0.3 is 0 Å². The van der Waals surface area contributed by atoms with Crippen LogP contribution < -0.4 is 0 Å². The highest BCUT2D eigenvalue weighted by Gasteiger charge is 2.13. The maximum absolute atomic E-state index is 13.2. The van der Waals surface area contributed by atoms with Gasteiger partial charge in [-0.25, -0.2) is 13.9 Å². The Morgan fingerprint density at radius 1 is 0.769 bits per heavy atom.